The van der Waals surface area contributed by atoms with Gasteiger partial charge in [0.1, 0.15) is 25.4 Å². The van der Waals surface area contributed by atoms with E-state index in [1.807, 2.05) is 30.3 Å². The van der Waals surface area contributed by atoms with Crippen LogP contribution in [0, 0.1) is 0 Å². The molecule has 1 unspecified atom stereocenters. The van der Waals surface area contributed by atoms with Crippen LogP contribution in [0.15, 0.2) is 48.5 Å². The molecule has 1 atom stereocenters. The number of rotatable bonds is 3. The van der Waals surface area contributed by atoms with Gasteiger partial charge in [-0.2, -0.15) is 0 Å². The average Bonchev–Trinajstić information content (AvgIpc) is 2.45. The topological polar surface area (TPSA) is 81.7 Å². The molecule has 0 bridgehead atoms. The van der Waals surface area contributed by atoms with Crippen molar-refractivity contribution in [2.45, 2.75) is 18.9 Å². The maximum atomic E-state index is 10.7. The fourth-order valence-corrected chi connectivity index (χ4v) is 2.83. The van der Waals surface area contributed by atoms with Crippen LogP contribution in [-0.4, -0.2) is 0 Å². The van der Waals surface area contributed by atoms with Crippen LogP contribution in [0.1, 0.15) is 23.7 Å². The van der Waals surface area contributed by atoms with Crippen LogP contribution in [0.25, 0.3) is 0 Å². The van der Waals surface area contributed by atoms with Gasteiger partial charge in [0.25, 0.3) is 0 Å². The van der Waals surface area contributed by atoms with Crippen molar-refractivity contribution >= 4 is 7.82 Å². The van der Waals surface area contributed by atoms with Gasteiger partial charge in [0.05, 0.1) is 0 Å². The van der Waals surface area contributed by atoms with Crippen molar-refractivity contribution in [2.75, 3.05) is 0 Å². The summed E-state index contributed by atoms with van der Waals surface area (Å²) in [5, 5.41) is 0. The Hall–Kier alpha value is 0.190. The molecule has 0 spiro atoms. The summed E-state index contributed by atoms with van der Waals surface area (Å²) in [6.45, 7) is 0. The number of ether oxygens (including phenoxy) is 1. The first-order valence-corrected chi connectivity index (χ1v) is 8.03. The zero-order chi connectivity index (χ0) is 14.9. The summed E-state index contributed by atoms with van der Waals surface area (Å²) in [5.74, 6) is 0.849. The molecule has 1 aliphatic heterocycles. The summed E-state index contributed by atoms with van der Waals surface area (Å²) in [6, 6.07) is 14.2. The van der Waals surface area contributed by atoms with E-state index in [-0.39, 0.29) is 71.0 Å². The molecule has 0 saturated carbocycles. The van der Waals surface area contributed by atoms with Crippen molar-refractivity contribution in [3.63, 3.8) is 0 Å². The van der Waals surface area contributed by atoms with E-state index in [1.165, 1.54) is 12.1 Å². The van der Waals surface area contributed by atoms with Crippen LogP contribution < -0.4 is 78.2 Å². The zero-order valence-electron chi connectivity index (χ0n) is 13.1. The van der Waals surface area contributed by atoms with E-state index in [2.05, 4.69) is 4.52 Å². The predicted octanol–water partition coefficient (Wildman–Crippen LogP) is -4.03. The van der Waals surface area contributed by atoms with E-state index in [9.17, 15) is 14.4 Å². The van der Waals surface area contributed by atoms with E-state index in [0.717, 1.165) is 29.7 Å². The van der Waals surface area contributed by atoms with Gasteiger partial charge in [-0.05, 0) is 42.2 Å². The molecule has 0 aromatic heterocycles. The van der Waals surface area contributed by atoms with E-state index in [4.69, 9.17) is 4.74 Å². The number of benzene rings is 2. The monoisotopic (exact) mass is 350 g/mol. The first-order valence-electron chi connectivity index (χ1n) is 6.57. The molecule has 8 heteroatoms. The van der Waals surface area contributed by atoms with Crippen molar-refractivity contribution in [1.82, 2.24) is 0 Å². The average molecular weight is 350 g/mol. The Morgan fingerprint density at radius 3 is 2.57 bits per heavy atom. The number of para-hydroxylation sites is 1. The third-order valence-corrected chi connectivity index (χ3v) is 3.80. The van der Waals surface area contributed by atoms with Crippen LogP contribution >= 0.6 is 7.82 Å². The van der Waals surface area contributed by atoms with E-state index < -0.39 is 7.82 Å². The van der Waals surface area contributed by atoms with Crippen molar-refractivity contribution in [3.05, 3.63) is 59.7 Å². The van der Waals surface area contributed by atoms with Crippen LogP contribution in [0.2, 0.25) is 0 Å². The Bertz CT molecular complexity index is 704. The maximum Gasteiger partial charge on any atom is 1.00 e. The molecular formula is C15H13Na2O5P. The molecule has 110 valence electrons. The molecule has 0 amide bonds. The molecule has 0 fully saturated rings. The number of hydrogen-bond acceptors (Lipinski definition) is 5. The van der Waals surface area contributed by atoms with Gasteiger partial charge < -0.3 is 23.6 Å². The minimum Gasteiger partial charge on any atom is -0.780 e. The number of phosphoric acid groups is 1. The summed E-state index contributed by atoms with van der Waals surface area (Å²) >= 11 is 0. The third-order valence-electron chi connectivity index (χ3n) is 3.36. The van der Waals surface area contributed by atoms with Crippen molar-refractivity contribution in [2.24, 2.45) is 0 Å². The maximum absolute atomic E-state index is 10.7. The second-order valence-electron chi connectivity index (χ2n) is 4.86. The SMILES string of the molecule is O=P([O-])([O-])Oc1cccc(C2CCc3ccccc3O2)c1.[Na+].[Na+]. The molecule has 0 radical (unpaired) electrons. The van der Waals surface area contributed by atoms with Gasteiger partial charge in [-0.25, -0.2) is 0 Å². The fourth-order valence-electron chi connectivity index (χ4n) is 2.46. The van der Waals surface area contributed by atoms with E-state index >= 15 is 0 Å². The van der Waals surface area contributed by atoms with Crippen LogP contribution in [0.5, 0.6) is 11.5 Å². The molecule has 1 aliphatic rings. The van der Waals surface area contributed by atoms with Crippen molar-refractivity contribution in [1.29, 1.82) is 0 Å². The van der Waals surface area contributed by atoms with Crippen LogP contribution in [-0.2, 0) is 11.0 Å². The van der Waals surface area contributed by atoms with Gasteiger partial charge in [0.2, 0.25) is 0 Å². The Kier molecular flexibility index (Phi) is 8.35. The summed E-state index contributed by atoms with van der Waals surface area (Å²) in [7, 11) is -5.04. The van der Waals surface area contributed by atoms with Crippen molar-refractivity contribution in [3.8, 4) is 11.5 Å². The molecule has 1 heterocycles. The molecule has 2 aromatic carbocycles. The third kappa shape index (κ3) is 5.89. The molecule has 23 heavy (non-hydrogen) atoms. The molecule has 3 rings (SSSR count). The van der Waals surface area contributed by atoms with Gasteiger partial charge in [0, 0.05) is 0 Å². The Labute approximate surface area is 179 Å². The van der Waals surface area contributed by atoms with Crippen LogP contribution in [0.3, 0.4) is 0 Å². The minimum absolute atomic E-state index is 0. The molecule has 5 nitrogen and oxygen atoms in total. The molecule has 2 aromatic rings. The summed E-state index contributed by atoms with van der Waals surface area (Å²) in [5.41, 5.74) is 1.94. The predicted molar refractivity (Wildman–Crippen MR) is 72.8 cm³/mol. The second kappa shape index (κ2) is 9.04. The standard InChI is InChI=1S/C15H15O5P.2Na/c16-21(17,18)20-13-6-3-5-12(10-13)15-9-8-11-4-1-2-7-14(11)19-15;;/h1-7,10,15H,8-9H2,(H2,16,17,18);;/q;2*+1/p-2. The number of fused-ring (bicyclic) bond motifs is 1. The largest absolute Gasteiger partial charge is 1.00 e. The number of aryl methyl sites for hydroxylation is 1. The Morgan fingerprint density at radius 1 is 1.09 bits per heavy atom. The molecule has 0 N–H and O–H groups in total. The summed E-state index contributed by atoms with van der Waals surface area (Å²) in [4.78, 5) is 21.3. The fraction of sp³-hybridized carbons (Fsp3) is 0.200. The van der Waals surface area contributed by atoms with Crippen LogP contribution in [0.4, 0.5) is 0 Å². The van der Waals surface area contributed by atoms with Gasteiger partial charge in [0.15, 0.2) is 0 Å². The van der Waals surface area contributed by atoms with E-state index in [1.54, 1.807) is 6.07 Å². The summed E-state index contributed by atoms with van der Waals surface area (Å²) in [6.07, 6.45) is 1.49. The molecular weight excluding hydrogens is 337 g/mol. The first-order chi connectivity index (χ1) is 10.0. The normalized spacial score (nSPS) is 16.2. The molecule has 0 aliphatic carbocycles. The second-order valence-corrected chi connectivity index (χ2v) is 5.94. The Balaban J connectivity index is 0.00000132. The Morgan fingerprint density at radius 2 is 1.83 bits per heavy atom. The number of phosphoric ester groups is 1. The number of hydrogen-bond donors (Lipinski definition) is 0. The van der Waals surface area contributed by atoms with Gasteiger partial charge in [-0.3, -0.25) is 0 Å². The van der Waals surface area contributed by atoms with Gasteiger partial charge in [-0.1, -0.05) is 30.3 Å². The van der Waals surface area contributed by atoms with Gasteiger partial charge >= 0.3 is 59.1 Å². The van der Waals surface area contributed by atoms with E-state index in [0.29, 0.717) is 0 Å². The van der Waals surface area contributed by atoms with Crippen molar-refractivity contribution < 1.29 is 82.7 Å². The summed E-state index contributed by atoms with van der Waals surface area (Å²) < 4.78 is 21.0. The minimum atomic E-state index is -5.04. The zero-order valence-corrected chi connectivity index (χ0v) is 18.0. The molecule has 0 saturated heterocycles. The first kappa shape index (κ1) is 21.2. The van der Waals surface area contributed by atoms with Gasteiger partial charge in [-0.15, -0.1) is 0 Å². The smallest absolute Gasteiger partial charge is 0.780 e. The quantitative estimate of drug-likeness (QED) is 0.416.